The van der Waals surface area contributed by atoms with Gasteiger partial charge in [-0.15, -0.1) is 0 Å². The van der Waals surface area contributed by atoms with Gasteiger partial charge in [0.25, 0.3) is 5.56 Å². The lowest BCUT2D eigenvalue weighted by Gasteiger charge is -2.12. The number of aromatic nitrogens is 3. The van der Waals surface area contributed by atoms with Crippen LogP contribution in [0, 0.1) is 6.92 Å². The van der Waals surface area contributed by atoms with Gasteiger partial charge in [0.05, 0.1) is 11.9 Å². The van der Waals surface area contributed by atoms with E-state index in [0.29, 0.717) is 29.5 Å². The first-order valence-corrected chi connectivity index (χ1v) is 10.9. The van der Waals surface area contributed by atoms with Gasteiger partial charge in [0.15, 0.2) is 0 Å². The zero-order valence-electron chi connectivity index (χ0n) is 16.1. The second-order valence-electron chi connectivity index (χ2n) is 6.68. The molecule has 0 spiro atoms. The van der Waals surface area contributed by atoms with E-state index >= 15 is 0 Å². The van der Waals surface area contributed by atoms with E-state index in [1.807, 2.05) is 13.0 Å². The van der Waals surface area contributed by atoms with Gasteiger partial charge in [-0.1, -0.05) is 19.4 Å². The Labute approximate surface area is 163 Å². The number of hydrogen-bond acceptors (Lipinski definition) is 6. The molecule has 0 bridgehead atoms. The number of benzene rings is 1. The highest BCUT2D eigenvalue weighted by molar-refractivity contribution is 7.92. The standard InChI is InChI=1S/C19H23N5O3S/c1-4-5-10-24-17(25)9-7-14-12-20-19(22-18(14)24)21-15-8-6-13(2)16(11-15)23-28(3,26)27/h6-9,11-12,23H,4-5,10H2,1-3H3,(H,20,21,22). The molecule has 0 atom stereocenters. The predicted molar refractivity (Wildman–Crippen MR) is 112 cm³/mol. The summed E-state index contributed by atoms with van der Waals surface area (Å²) in [7, 11) is -3.38. The fraction of sp³-hybridized carbons (Fsp3) is 0.316. The third-order valence-electron chi connectivity index (χ3n) is 4.25. The van der Waals surface area contributed by atoms with Crippen LogP contribution in [0.1, 0.15) is 25.3 Å². The number of fused-ring (bicyclic) bond motifs is 1. The van der Waals surface area contributed by atoms with Gasteiger partial charge in [-0.2, -0.15) is 4.98 Å². The van der Waals surface area contributed by atoms with E-state index in [2.05, 4.69) is 26.9 Å². The molecule has 0 aliphatic rings. The van der Waals surface area contributed by atoms with Crippen molar-refractivity contribution in [3.8, 4) is 0 Å². The lowest BCUT2D eigenvalue weighted by molar-refractivity contribution is 0.607. The Morgan fingerprint density at radius 2 is 1.96 bits per heavy atom. The van der Waals surface area contributed by atoms with Crippen molar-refractivity contribution < 1.29 is 8.42 Å². The molecule has 3 rings (SSSR count). The molecule has 2 heterocycles. The highest BCUT2D eigenvalue weighted by atomic mass is 32.2. The molecule has 0 amide bonds. The molecule has 0 radical (unpaired) electrons. The maximum absolute atomic E-state index is 12.2. The SMILES string of the molecule is CCCCn1c(=O)ccc2cnc(Nc3ccc(C)c(NS(C)(=O)=O)c3)nc21. The smallest absolute Gasteiger partial charge is 0.252 e. The summed E-state index contributed by atoms with van der Waals surface area (Å²) in [6, 6.07) is 8.53. The Kier molecular flexibility index (Phi) is 5.64. The predicted octanol–water partition coefficient (Wildman–Crippen LogP) is 3.02. The summed E-state index contributed by atoms with van der Waals surface area (Å²) in [5, 5.41) is 3.86. The van der Waals surface area contributed by atoms with Crippen molar-refractivity contribution in [2.24, 2.45) is 0 Å². The van der Waals surface area contributed by atoms with Crippen LogP contribution in [0.15, 0.2) is 41.3 Å². The number of unbranched alkanes of at least 4 members (excludes halogenated alkanes) is 1. The van der Waals surface area contributed by atoms with Gasteiger partial charge in [0, 0.05) is 29.9 Å². The molecule has 2 aromatic heterocycles. The highest BCUT2D eigenvalue weighted by Crippen LogP contribution is 2.23. The van der Waals surface area contributed by atoms with Crippen molar-refractivity contribution in [1.29, 1.82) is 0 Å². The molecule has 0 aliphatic carbocycles. The minimum atomic E-state index is -3.38. The Morgan fingerprint density at radius 1 is 1.18 bits per heavy atom. The van der Waals surface area contributed by atoms with Crippen LogP contribution in [0.5, 0.6) is 0 Å². The Bertz CT molecular complexity index is 1170. The van der Waals surface area contributed by atoms with Crippen LogP contribution in [0.2, 0.25) is 0 Å². The van der Waals surface area contributed by atoms with Crippen molar-refractivity contribution in [2.75, 3.05) is 16.3 Å². The molecule has 0 aliphatic heterocycles. The lowest BCUT2D eigenvalue weighted by atomic mass is 10.2. The minimum Gasteiger partial charge on any atom is -0.324 e. The number of sulfonamides is 1. The number of anilines is 3. The first-order chi connectivity index (χ1) is 13.3. The molecule has 0 unspecified atom stereocenters. The average molecular weight is 401 g/mol. The van der Waals surface area contributed by atoms with Crippen LogP contribution >= 0.6 is 0 Å². The molecule has 8 nitrogen and oxygen atoms in total. The summed E-state index contributed by atoms with van der Waals surface area (Å²) < 4.78 is 27.2. The van der Waals surface area contributed by atoms with E-state index in [1.165, 1.54) is 6.07 Å². The monoisotopic (exact) mass is 401 g/mol. The number of hydrogen-bond donors (Lipinski definition) is 2. The summed E-state index contributed by atoms with van der Waals surface area (Å²) in [4.78, 5) is 21.1. The second-order valence-corrected chi connectivity index (χ2v) is 8.43. The molecule has 148 valence electrons. The third kappa shape index (κ3) is 4.66. The zero-order chi connectivity index (χ0) is 20.3. The first kappa shape index (κ1) is 19.8. The van der Waals surface area contributed by atoms with E-state index in [-0.39, 0.29) is 5.56 Å². The third-order valence-corrected chi connectivity index (χ3v) is 4.84. The summed E-state index contributed by atoms with van der Waals surface area (Å²) in [6.07, 6.45) is 4.62. The van der Waals surface area contributed by atoms with Gasteiger partial charge >= 0.3 is 0 Å². The van der Waals surface area contributed by atoms with Crippen molar-refractivity contribution in [3.63, 3.8) is 0 Å². The molecule has 2 N–H and O–H groups in total. The quantitative estimate of drug-likeness (QED) is 0.630. The summed E-state index contributed by atoms with van der Waals surface area (Å²) in [5.74, 6) is 0.331. The molecule has 28 heavy (non-hydrogen) atoms. The Morgan fingerprint density at radius 3 is 2.68 bits per heavy atom. The topological polar surface area (TPSA) is 106 Å². The van der Waals surface area contributed by atoms with E-state index in [0.717, 1.165) is 30.0 Å². The minimum absolute atomic E-state index is 0.0967. The molecular formula is C19H23N5O3S. The van der Waals surface area contributed by atoms with Crippen LogP contribution in [0.4, 0.5) is 17.3 Å². The summed E-state index contributed by atoms with van der Waals surface area (Å²) in [5.41, 5.74) is 2.38. The fourth-order valence-electron chi connectivity index (χ4n) is 2.80. The van der Waals surface area contributed by atoms with Crippen LogP contribution < -0.4 is 15.6 Å². The van der Waals surface area contributed by atoms with Gasteiger partial charge in [-0.25, -0.2) is 13.4 Å². The average Bonchev–Trinajstić information content (AvgIpc) is 2.62. The zero-order valence-corrected chi connectivity index (χ0v) is 16.9. The summed E-state index contributed by atoms with van der Waals surface area (Å²) >= 11 is 0. The van der Waals surface area contributed by atoms with E-state index in [1.54, 1.807) is 29.0 Å². The number of pyridine rings is 1. The number of nitrogens with zero attached hydrogens (tertiary/aromatic N) is 3. The van der Waals surface area contributed by atoms with Gasteiger partial charge in [-0.05, 0) is 37.1 Å². The van der Waals surface area contributed by atoms with Crippen LogP contribution in [-0.4, -0.2) is 29.2 Å². The maximum atomic E-state index is 12.2. The second kappa shape index (κ2) is 7.97. The van der Waals surface area contributed by atoms with Crippen LogP contribution in [0.3, 0.4) is 0 Å². The van der Waals surface area contributed by atoms with Crippen molar-refractivity contribution in [2.45, 2.75) is 33.2 Å². The highest BCUT2D eigenvalue weighted by Gasteiger charge is 2.09. The van der Waals surface area contributed by atoms with Gasteiger partial charge < -0.3 is 5.32 Å². The molecule has 0 fully saturated rings. The molecule has 1 aromatic carbocycles. The van der Waals surface area contributed by atoms with Gasteiger partial charge in [-0.3, -0.25) is 14.1 Å². The Balaban J connectivity index is 1.96. The van der Waals surface area contributed by atoms with Gasteiger partial charge in [0.2, 0.25) is 16.0 Å². The van der Waals surface area contributed by atoms with Crippen molar-refractivity contribution in [1.82, 2.24) is 14.5 Å². The van der Waals surface area contributed by atoms with E-state index < -0.39 is 10.0 Å². The van der Waals surface area contributed by atoms with Crippen LogP contribution in [0.25, 0.3) is 11.0 Å². The first-order valence-electron chi connectivity index (χ1n) is 8.99. The number of nitrogens with one attached hydrogen (secondary N) is 2. The normalized spacial score (nSPS) is 11.5. The molecule has 9 heteroatoms. The van der Waals surface area contributed by atoms with Crippen molar-refractivity contribution >= 4 is 38.4 Å². The van der Waals surface area contributed by atoms with Crippen molar-refractivity contribution in [3.05, 3.63) is 52.4 Å². The Hall–Kier alpha value is -2.94. The lowest BCUT2D eigenvalue weighted by Crippen LogP contribution is -2.20. The molecule has 0 saturated heterocycles. The number of aryl methyl sites for hydroxylation is 2. The largest absolute Gasteiger partial charge is 0.324 e. The molecular weight excluding hydrogens is 378 g/mol. The van der Waals surface area contributed by atoms with Gasteiger partial charge in [0.1, 0.15) is 5.65 Å². The van der Waals surface area contributed by atoms with E-state index in [9.17, 15) is 13.2 Å². The fourth-order valence-corrected chi connectivity index (χ4v) is 3.42. The number of rotatable bonds is 7. The molecule has 0 saturated carbocycles. The van der Waals surface area contributed by atoms with E-state index in [4.69, 9.17) is 0 Å². The molecule has 3 aromatic rings. The summed E-state index contributed by atoms with van der Waals surface area (Å²) in [6.45, 7) is 4.48. The maximum Gasteiger partial charge on any atom is 0.252 e. The van der Waals surface area contributed by atoms with Crippen LogP contribution in [-0.2, 0) is 16.6 Å².